The molecule has 2 nitrogen and oxygen atoms in total. The Kier molecular flexibility index (Phi) is 5.32. The molecule has 1 aliphatic rings. The van der Waals surface area contributed by atoms with Crippen molar-refractivity contribution in [3.8, 4) is 0 Å². The number of carbonyl (C=O) groups excluding carboxylic acids is 1. The van der Waals surface area contributed by atoms with Crippen molar-refractivity contribution in [1.82, 2.24) is 0 Å². The van der Waals surface area contributed by atoms with E-state index in [2.05, 4.69) is 30.3 Å². The zero-order valence-corrected chi connectivity index (χ0v) is 12.4. The second-order valence-electron chi connectivity index (χ2n) is 5.39. The van der Waals surface area contributed by atoms with Crippen molar-refractivity contribution in [3.05, 3.63) is 35.9 Å². The smallest absolute Gasteiger partial charge is 0.306 e. The van der Waals surface area contributed by atoms with E-state index in [-0.39, 0.29) is 11.4 Å². The summed E-state index contributed by atoms with van der Waals surface area (Å²) in [6, 6.07) is 10.6. The van der Waals surface area contributed by atoms with Crippen LogP contribution < -0.4 is 0 Å². The Morgan fingerprint density at radius 1 is 1.32 bits per heavy atom. The van der Waals surface area contributed by atoms with Crippen LogP contribution in [0.2, 0.25) is 0 Å². The molecular weight excluding hydrogens is 256 g/mol. The van der Waals surface area contributed by atoms with Crippen molar-refractivity contribution in [1.29, 1.82) is 0 Å². The number of ether oxygens (including phenoxy) is 1. The van der Waals surface area contributed by atoms with Gasteiger partial charge in [0.05, 0.1) is 13.5 Å². The van der Waals surface area contributed by atoms with Crippen LogP contribution in [0.15, 0.2) is 30.3 Å². The van der Waals surface area contributed by atoms with Gasteiger partial charge in [0.2, 0.25) is 0 Å². The van der Waals surface area contributed by atoms with Crippen LogP contribution in [-0.4, -0.2) is 24.6 Å². The third-order valence-corrected chi connectivity index (χ3v) is 5.10. The van der Waals surface area contributed by atoms with E-state index in [1.807, 2.05) is 11.8 Å². The molecule has 0 heterocycles. The Morgan fingerprint density at radius 3 is 2.68 bits per heavy atom. The maximum Gasteiger partial charge on any atom is 0.306 e. The van der Waals surface area contributed by atoms with Crippen molar-refractivity contribution in [2.45, 2.75) is 32.1 Å². The van der Waals surface area contributed by atoms with E-state index in [4.69, 9.17) is 4.74 Å². The molecule has 0 aliphatic heterocycles. The molecule has 0 saturated heterocycles. The molecule has 2 rings (SSSR count). The van der Waals surface area contributed by atoms with Crippen LogP contribution in [0, 0.1) is 5.41 Å². The largest absolute Gasteiger partial charge is 0.469 e. The summed E-state index contributed by atoms with van der Waals surface area (Å²) in [6.45, 7) is 0. The minimum atomic E-state index is -0.0533. The van der Waals surface area contributed by atoms with Crippen molar-refractivity contribution in [3.63, 3.8) is 0 Å². The van der Waals surface area contributed by atoms with Gasteiger partial charge in [-0.15, -0.1) is 0 Å². The van der Waals surface area contributed by atoms with Gasteiger partial charge >= 0.3 is 5.97 Å². The Hall–Kier alpha value is -0.960. The third-order valence-electron chi connectivity index (χ3n) is 3.71. The molecular formula is C16H22O2S. The summed E-state index contributed by atoms with van der Waals surface area (Å²) in [5, 5.41) is 0. The first-order chi connectivity index (χ1) is 9.24. The van der Waals surface area contributed by atoms with E-state index in [0.717, 1.165) is 12.2 Å². The SMILES string of the molecule is COC(=O)CC1(CSCCCc2ccccc2)CC1. The predicted molar refractivity (Wildman–Crippen MR) is 80.4 cm³/mol. The van der Waals surface area contributed by atoms with Crippen molar-refractivity contribution >= 4 is 17.7 Å². The normalized spacial score (nSPS) is 16.1. The van der Waals surface area contributed by atoms with Crippen LogP contribution >= 0.6 is 11.8 Å². The number of carbonyl (C=O) groups is 1. The van der Waals surface area contributed by atoms with E-state index < -0.39 is 0 Å². The van der Waals surface area contributed by atoms with E-state index in [1.54, 1.807) is 0 Å². The summed E-state index contributed by atoms with van der Waals surface area (Å²) in [7, 11) is 1.48. The van der Waals surface area contributed by atoms with Gasteiger partial charge in [0.25, 0.3) is 0 Å². The first-order valence-corrected chi connectivity index (χ1v) is 8.08. The topological polar surface area (TPSA) is 26.3 Å². The quantitative estimate of drug-likeness (QED) is 0.536. The molecule has 0 bridgehead atoms. The van der Waals surface area contributed by atoms with Gasteiger partial charge in [-0.3, -0.25) is 4.79 Å². The number of hydrogen-bond acceptors (Lipinski definition) is 3. The summed E-state index contributed by atoms with van der Waals surface area (Å²) in [6.07, 6.45) is 5.34. The lowest BCUT2D eigenvalue weighted by Crippen LogP contribution is -2.13. The van der Waals surface area contributed by atoms with Crippen molar-refractivity contribution in [2.24, 2.45) is 5.41 Å². The molecule has 104 valence electrons. The average Bonchev–Trinajstić information content (AvgIpc) is 3.19. The Labute approximate surface area is 119 Å². The summed E-state index contributed by atoms with van der Waals surface area (Å²) < 4.78 is 4.76. The van der Waals surface area contributed by atoms with Gasteiger partial charge in [-0.05, 0) is 48.2 Å². The fourth-order valence-electron chi connectivity index (χ4n) is 2.24. The lowest BCUT2D eigenvalue weighted by molar-refractivity contribution is -0.141. The van der Waals surface area contributed by atoms with Gasteiger partial charge in [0.1, 0.15) is 0 Å². The highest BCUT2D eigenvalue weighted by Crippen LogP contribution is 2.51. The molecule has 1 saturated carbocycles. The van der Waals surface area contributed by atoms with Crippen LogP contribution in [0.4, 0.5) is 0 Å². The van der Waals surface area contributed by atoms with Crippen LogP contribution in [-0.2, 0) is 16.0 Å². The van der Waals surface area contributed by atoms with Crippen LogP contribution in [0.25, 0.3) is 0 Å². The Morgan fingerprint density at radius 2 is 2.05 bits per heavy atom. The summed E-state index contributed by atoms with van der Waals surface area (Å²) in [5.74, 6) is 2.23. The van der Waals surface area contributed by atoms with Crippen LogP contribution in [0.3, 0.4) is 0 Å². The van der Waals surface area contributed by atoms with Crippen LogP contribution in [0.5, 0.6) is 0 Å². The number of methoxy groups -OCH3 is 1. The molecule has 0 atom stereocenters. The molecule has 0 spiro atoms. The number of hydrogen-bond donors (Lipinski definition) is 0. The summed E-state index contributed by atoms with van der Waals surface area (Å²) >= 11 is 1.99. The maximum absolute atomic E-state index is 11.3. The highest BCUT2D eigenvalue weighted by atomic mass is 32.2. The number of thioether (sulfide) groups is 1. The molecule has 1 fully saturated rings. The number of aryl methyl sites for hydroxylation is 1. The fraction of sp³-hybridized carbons (Fsp3) is 0.562. The van der Waals surface area contributed by atoms with Gasteiger partial charge in [0, 0.05) is 0 Å². The highest BCUT2D eigenvalue weighted by Gasteiger charge is 2.44. The standard InChI is InChI=1S/C16H22O2S/c1-18-15(17)12-16(9-10-16)13-19-11-5-8-14-6-3-2-4-7-14/h2-4,6-7H,5,8-13H2,1H3. The molecule has 3 heteroatoms. The molecule has 0 aromatic heterocycles. The molecule has 1 aromatic rings. The van der Waals surface area contributed by atoms with E-state index >= 15 is 0 Å². The molecule has 0 unspecified atom stereocenters. The van der Waals surface area contributed by atoms with Crippen molar-refractivity contribution < 1.29 is 9.53 Å². The van der Waals surface area contributed by atoms with E-state index in [0.29, 0.717) is 6.42 Å². The second-order valence-corrected chi connectivity index (χ2v) is 6.50. The molecule has 19 heavy (non-hydrogen) atoms. The van der Waals surface area contributed by atoms with Gasteiger partial charge in [-0.2, -0.15) is 11.8 Å². The van der Waals surface area contributed by atoms with Crippen LogP contribution in [0.1, 0.15) is 31.2 Å². The van der Waals surface area contributed by atoms with E-state index in [9.17, 15) is 4.79 Å². The molecule has 0 N–H and O–H groups in total. The predicted octanol–water partition coefficient (Wildman–Crippen LogP) is 3.70. The average molecular weight is 278 g/mol. The third kappa shape index (κ3) is 4.90. The second kappa shape index (κ2) is 6.99. The lowest BCUT2D eigenvalue weighted by atomic mass is 10.1. The highest BCUT2D eigenvalue weighted by molar-refractivity contribution is 7.99. The molecule has 0 radical (unpaired) electrons. The zero-order chi connectivity index (χ0) is 13.6. The Balaban J connectivity index is 1.58. The van der Waals surface area contributed by atoms with Gasteiger partial charge in [-0.25, -0.2) is 0 Å². The zero-order valence-electron chi connectivity index (χ0n) is 11.6. The Bertz CT molecular complexity index is 398. The first-order valence-electron chi connectivity index (χ1n) is 6.93. The minimum absolute atomic E-state index is 0.0533. The maximum atomic E-state index is 11.3. The van der Waals surface area contributed by atoms with Gasteiger partial charge in [0.15, 0.2) is 0 Å². The molecule has 1 aliphatic carbocycles. The lowest BCUT2D eigenvalue weighted by Gasteiger charge is -2.12. The fourth-order valence-corrected chi connectivity index (χ4v) is 3.56. The first kappa shape index (κ1) is 14.4. The van der Waals surface area contributed by atoms with Gasteiger partial charge < -0.3 is 4.74 Å². The summed E-state index contributed by atoms with van der Waals surface area (Å²) in [4.78, 5) is 11.3. The minimum Gasteiger partial charge on any atom is -0.469 e. The number of rotatable bonds is 8. The number of esters is 1. The molecule has 1 aromatic carbocycles. The summed E-state index contributed by atoms with van der Waals surface area (Å²) in [5.41, 5.74) is 1.68. The molecule has 0 amide bonds. The monoisotopic (exact) mass is 278 g/mol. The van der Waals surface area contributed by atoms with Crippen molar-refractivity contribution in [2.75, 3.05) is 18.6 Å². The van der Waals surface area contributed by atoms with E-state index in [1.165, 1.54) is 37.7 Å². The van der Waals surface area contributed by atoms with Gasteiger partial charge in [-0.1, -0.05) is 30.3 Å². The number of benzene rings is 1.